The highest BCUT2D eigenvalue weighted by atomic mass is 15.1. The molecule has 0 aliphatic rings. The Morgan fingerprint density at radius 3 is 1.43 bits per heavy atom. The van der Waals surface area contributed by atoms with E-state index in [0.29, 0.717) is 39.5 Å². The maximum atomic E-state index is 9.80. The van der Waals surface area contributed by atoms with Crippen LogP contribution in [-0.4, -0.2) is 19.5 Å². The Morgan fingerprint density at radius 1 is 0.328 bits per heavy atom. The first-order valence-corrected chi connectivity index (χ1v) is 19.6. The van der Waals surface area contributed by atoms with Gasteiger partial charge in [-0.15, -0.1) is 0 Å². The summed E-state index contributed by atoms with van der Waals surface area (Å²) in [5.41, 5.74) is 6.14. The second kappa shape index (κ2) is 15.5. The van der Waals surface area contributed by atoms with Crippen LogP contribution >= 0.6 is 0 Å². The average Bonchev–Trinajstić information content (AvgIpc) is 3.80. The Morgan fingerprint density at radius 2 is 0.820 bits per heavy atom. The molecule has 0 radical (unpaired) electrons. The van der Waals surface area contributed by atoms with Crippen molar-refractivity contribution >= 4 is 21.8 Å². The quantitative estimate of drug-likeness (QED) is 0.154. The Balaban J connectivity index is 1.24. The minimum Gasteiger partial charge on any atom is -0.308 e. The fourth-order valence-corrected chi connectivity index (χ4v) is 7.71. The molecule has 0 aliphatic carbocycles. The van der Waals surface area contributed by atoms with E-state index in [1.165, 1.54) is 4.57 Å². The molecule has 0 N–H and O–H groups in total. The van der Waals surface area contributed by atoms with Crippen LogP contribution in [0.2, 0.25) is 0 Å². The third kappa shape index (κ3) is 6.76. The number of hydrogen-bond donors (Lipinski definition) is 0. The summed E-state index contributed by atoms with van der Waals surface area (Å²) in [4.78, 5) is 15.2. The van der Waals surface area contributed by atoms with Crippen molar-refractivity contribution < 1.29 is 16.4 Å². The molecule has 2 aromatic heterocycles. The zero-order valence-electron chi connectivity index (χ0n) is 44.3. The van der Waals surface area contributed by atoms with Gasteiger partial charge in [-0.25, -0.2) is 15.0 Å². The van der Waals surface area contributed by atoms with E-state index in [1.807, 2.05) is 109 Å². The molecule has 0 saturated carbocycles. The predicted molar refractivity (Wildman–Crippen MR) is 252 cm³/mol. The molecule has 0 amide bonds. The predicted octanol–water partition coefficient (Wildman–Crippen LogP) is 14.6. The average molecular weight is 791 g/mol. The minimum atomic E-state index is -0.705. The molecule has 0 spiro atoms. The number of para-hydroxylation sites is 1. The van der Waals surface area contributed by atoms with Crippen molar-refractivity contribution in [2.24, 2.45) is 0 Å². The molecule has 11 rings (SSSR count). The van der Waals surface area contributed by atoms with Crippen LogP contribution in [0.15, 0.2) is 230 Å². The molecule has 4 nitrogen and oxygen atoms in total. The molecule has 2 heterocycles. The van der Waals surface area contributed by atoms with Crippen LogP contribution in [-0.2, 0) is 0 Å². The normalized spacial score (nSPS) is 14.0. The van der Waals surface area contributed by atoms with Crippen LogP contribution < -0.4 is 0 Å². The second-order valence-corrected chi connectivity index (χ2v) is 14.3. The molecule has 4 heteroatoms. The van der Waals surface area contributed by atoms with E-state index in [-0.39, 0.29) is 33.3 Å². The molecule has 0 unspecified atom stereocenters. The molecule has 0 bridgehead atoms. The van der Waals surface area contributed by atoms with Crippen LogP contribution in [0.4, 0.5) is 0 Å². The maximum absolute atomic E-state index is 9.80. The molecular weight excluding hydrogens is 741 g/mol. The number of benzene rings is 9. The zero-order valence-corrected chi connectivity index (χ0v) is 32.3. The van der Waals surface area contributed by atoms with Gasteiger partial charge in [0.05, 0.1) is 38.7 Å². The van der Waals surface area contributed by atoms with Gasteiger partial charge in [-0.3, -0.25) is 0 Å². The minimum absolute atomic E-state index is 0.131. The van der Waals surface area contributed by atoms with Crippen LogP contribution in [0, 0.1) is 0 Å². The van der Waals surface area contributed by atoms with Crippen LogP contribution in [0.1, 0.15) is 16.4 Å². The smallest absolute Gasteiger partial charge is 0.166 e. The molecular formula is C57H38N4. The summed E-state index contributed by atoms with van der Waals surface area (Å²) in [5.74, 6) is 0.819. The zero-order chi connectivity index (χ0) is 51.0. The molecule has 0 fully saturated rings. The fourth-order valence-electron chi connectivity index (χ4n) is 7.71. The highest BCUT2D eigenvalue weighted by Crippen LogP contribution is 2.42. The van der Waals surface area contributed by atoms with Gasteiger partial charge in [0.25, 0.3) is 0 Å². The second-order valence-electron chi connectivity index (χ2n) is 14.3. The molecule has 286 valence electrons. The van der Waals surface area contributed by atoms with Gasteiger partial charge in [0.1, 0.15) is 0 Å². The van der Waals surface area contributed by atoms with E-state index in [9.17, 15) is 6.85 Å². The van der Waals surface area contributed by atoms with Crippen LogP contribution in [0.25, 0.3) is 106 Å². The van der Waals surface area contributed by atoms with E-state index in [1.54, 1.807) is 12.1 Å². The SMILES string of the molecule is [2H]c1c([2H])c([2H])c(-c2c([2H])c([2H])c3c(c2[2H])c2c([2H])c([2H])c([2H])c([2H])c2n3-c2cccc(-c3ccc(-c4ccc(-c5ccccc5)cc4)cc3)c2-c2nc(-c3ccccc3)nc(-c3ccccc3)n2)c([2H])c1[2H]. The Kier molecular flexibility index (Phi) is 6.44. The van der Waals surface area contributed by atoms with Crippen molar-refractivity contribution in [3.8, 4) is 84.4 Å². The molecule has 11 aromatic rings. The van der Waals surface area contributed by atoms with Crippen molar-refractivity contribution in [2.45, 2.75) is 0 Å². The topological polar surface area (TPSA) is 43.6 Å². The van der Waals surface area contributed by atoms with Gasteiger partial charge >= 0.3 is 0 Å². The first-order chi connectivity index (χ1) is 35.2. The van der Waals surface area contributed by atoms with Gasteiger partial charge in [-0.1, -0.05) is 206 Å². The van der Waals surface area contributed by atoms with Crippen molar-refractivity contribution in [3.63, 3.8) is 0 Å². The van der Waals surface area contributed by atoms with Gasteiger partial charge in [0, 0.05) is 21.9 Å². The third-order valence-electron chi connectivity index (χ3n) is 10.6. The largest absolute Gasteiger partial charge is 0.308 e. The summed E-state index contributed by atoms with van der Waals surface area (Å²) in [6, 6.07) is 42.9. The van der Waals surface area contributed by atoms with Gasteiger partial charge in [0.2, 0.25) is 0 Å². The van der Waals surface area contributed by atoms with Crippen molar-refractivity contribution in [3.05, 3.63) is 230 Å². The van der Waals surface area contributed by atoms with Gasteiger partial charge in [-0.2, -0.15) is 0 Å². The standard InChI is InChI=1S/C57H38N4/c1-5-16-39(17-6-1)41-28-30-42(31-29-41)43-32-34-44(35-33-43)48-25-15-27-53(54(48)57-59-55(45-20-9-3-10-21-45)58-56(60-57)46-22-11-4-12-23-46)61-51-26-14-13-24-49(51)50-38-47(36-37-52(50)61)40-18-7-2-8-19-40/h1-38H/i2D,7D,8D,13D,14D,18D,19D,24D,26D,36D,37D,38D. The first kappa shape index (κ1) is 25.3. The lowest BCUT2D eigenvalue weighted by Gasteiger charge is -2.18. The van der Waals surface area contributed by atoms with E-state index in [4.69, 9.17) is 24.5 Å². The summed E-state index contributed by atoms with van der Waals surface area (Å²) in [7, 11) is 0. The monoisotopic (exact) mass is 790 g/mol. The summed E-state index contributed by atoms with van der Waals surface area (Å²) >= 11 is 0. The first-order valence-electron chi connectivity index (χ1n) is 25.6. The van der Waals surface area contributed by atoms with E-state index in [2.05, 4.69) is 36.4 Å². The lowest BCUT2D eigenvalue weighted by atomic mass is 9.94. The van der Waals surface area contributed by atoms with Gasteiger partial charge in [0.15, 0.2) is 17.5 Å². The summed E-state index contributed by atoms with van der Waals surface area (Å²) < 4.78 is 110. The molecule has 0 aliphatic heterocycles. The number of fused-ring (bicyclic) bond motifs is 3. The Hall–Kier alpha value is -8.21. The number of nitrogens with zero attached hydrogens (tertiary/aromatic N) is 4. The van der Waals surface area contributed by atoms with Crippen molar-refractivity contribution in [1.29, 1.82) is 0 Å². The number of hydrogen-bond acceptors (Lipinski definition) is 3. The third-order valence-corrected chi connectivity index (χ3v) is 10.6. The van der Waals surface area contributed by atoms with Crippen LogP contribution in [0.3, 0.4) is 0 Å². The Bertz CT molecular complexity index is 3930. The summed E-state index contributed by atoms with van der Waals surface area (Å²) in [6.07, 6.45) is 0. The molecule has 0 saturated heterocycles. The van der Waals surface area contributed by atoms with Crippen molar-refractivity contribution in [2.75, 3.05) is 0 Å². The maximum Gasteiger partial charge on any atom is 0.166 e. The number of rotatable bonds is 8. The fraction of sp³-hybridized carbons (Fsp3) is 0. The molecule has 9 aromatic carbocycles. The summed E-state index contributed by atoms with van der Waals surface area (Å²) in [6.45, 7) is 0. The van der Waals surface area contributed by atoms with E-state index in [0.717, 1.165) is 22.3 Å². The van der Waals surface area contributed by atoms with Crippen LogP contribution in [0.5, 0.6) is 0 Å². The van der Waals surface area contributed by atoms with E-state index >= 15 is 0 Å². The lowest BCUT2D eigenvalue weighted by Crippen LogP contribution is -2.05. The van der Waals surface area contributed by atoms with Gasteiger partial charge in [-0.05, 0) is 68.7 Å². The highest BCUT2D eigenvalue weighted by molar-refractivity contribution is 6.11. The molecule has 0 atom stereocenters. The lowest BCUT2D eigenvalue weighted by molar-refractivity contribution is 1.06. The van der Waals surface area contributed by atoms with Crippen molar-refractivity contribution in [1.82, 2.24) is 19.5 Å². The van der Waals surface area contributed by atoms with E-state index < -0.39 is 83.6 Å². The Labute approximate surface area is 371 Å². The molecule has 61 heavy (non-hydrogen) atoms. The number of aromatic nitrogens is 4. The highest BCUT2D eigenvalue weighted by Gasteiger charge is 2.23. The van der Waals surface area contributed by atoms with Gasteiger partial charge < -0.3 is 4.57 Å². The summed E-state index contributed by atoms with van der Waals surface area (Å²) in [5, 5.41) is -0.355.